The second-order valence-electron chi connectivity index (χ2n) is 7.02. The van der Waals surface area contributed by atoms with Crippen LogP contribution in [0.1, 0.15) is 27.6 Å². The molecule has 0 radical (unpaired) electrons. The van der Waals surface area contributed by atoms with Gasteiger partial charge in [0.1, 0.15) is 0 Å². The van der Waals surface area contributed by atoms with Crippen LogP contribution in [0.15, 0.2) is 78.9 Å². The van der Waals surface area contributed by atoms with Crippen molar-refractivity contribution in [2.24, 2.45) is 0 Å². The van der Waals surface area contributed by atoms with Gasteiger partial charge in [0.2, 0.25) is 5.91 Å². The molecular formula is C25H26N4O3. The maximum atomic E-state index is 12.9. The molecule has 0 spiro atoms. The van der Waals surface area contributed by atoms with Gasteiger partial charge in [0.05, 0.1) is 6.54 Å². The van der Waals surface area contributed by atoms with E-state index in [0.717, 1.165) is 11.4 Å². The zero-order chi connectivity index (χ0) is 22.9. The van der Waals surface area contributed by atoms with E-state index in [1.54, 1.807) is 60.5 Å². The molecule has 0 aliphatic carbocycles. The van der Waals surface area contributed by atoms with Crippen molar-refractivity contribution < 1.29 is 14.4 Å². The zero-order valence-electron chi connectivity index (χ0n) is 18.1. The van der Waals surface area contributed by atoms with Gasteiger partial charge in [0.25, 0.3) is 11.8 Å². The third kappa shape index (κ3) is 5.72. The van der Waals surface area contributed by atoms with Crippen LogP contribution in [0, 0.1) is 0 Å². The Labute approximate surface area is 187 Å². The van der Waals surface area contributed by atoms with E-state index in [1.807, 2.05) is 37.3 Å². The van der Waals surface area contributed by atoms with Gasteiger partial charge < -0.3 is 20.9 Å². The van der Waals surface area contributed by atoms with E-state index < -0.39 is 0 Å². The molecule has 32 heavy (non-hydrogen) atoms. The highest BCUT2D eigenvalue weighted by atomic mass is 16.2. The Morgan fingerprint density at radius 3 is 1.97 bits per heavy atom. The van der Waals surface area contributed by atoms with Crippen molar-refractivity contribution >= 4 is 34.8 Å². The monoisotopic (exact) mass is 430 g/mol. The van der Waals surface area contributed by atoms with Crippen molar-refractivity contribution in [1.82, 2.24) is 5.32 Å². The van der Waals surface area contributed by atoms with Gasteiger partial charge in [-0.25, -0.2) is 0 Å². The smallest absolute Gasteiger partial charge is 0.258 e. The number of carbonyl (C=O) groups excluding carboxylic acids is 3. The third-order valence-corrected chi connectivity index (χ3v) is 4.87. The Kier molecular flexibility index (Phi) is 7.59. The normalized spacial score (nSPS) is 10.2. The van der Waals surface area contributed by atoms with Gasteiger partial charge >= 0.3 is 0 Å². The summed E-state index contributed by atoms with van der Waals surface area (Å²) in [5.74, 6) is -0.487. The van der Waals surface area contributed by atoms with Crippen LogP contribution >= 0.6 is 0 Å². The van der Waals surface area contributed by atoms with Gasteiger partial charge in [-0.1, -0.05) is 18.2 Å². The molecule has 0 saturated heterocycles. The van der Waals surface area contributed by atoms with Crippen molar-refractivity contribution in [3.8, 4) is 0 Å². The first-order valence-corrected chi connectivity index (χ1v) is 10.3. The quantitative estimate of drug-likeness (QED) is 0.508. The molecule has 0 fully saturated rings. The number of benzene rings is 3. The lowest BCUT2D eigenvalue weighted by molar-refractivity contribution is -0.114. The second-order valence-corrected chi connectivity index (χ2v) is 7.02. The highest BCUT2D eigenvalue weighted by molar-refractivity contribution is 6.06. The van der Waals surface area contributed by atoms with Gasteiger partial charge in [-0.15, -0.1) is 0 Å². The Balaban J connectivity index is 1.54. The van der Waals surface area contributed by atoms with Crippen LogP contribution in [-0.2, 0) is 4.79 Å². The molecule has 0 aromatic heterocycles. The van der Waals surface area contributed by atoms with Gasteiger partial charge in [-0.2, -0.15) is 0 Å². The lowest BCUT2D eigenvalue weighted by Crippen LogP contribution is -2.30. The SMILES string of the molecule is CCN(C(=O)c1ccc(NCC(=O)Nc2ccc(C(=O)NC)cc2)cc1)c1ccccc1. The van der Waals surface area contributed by atoms with Crippen LogP contribution in [0.2, 0.25) is 0 Å². The number of hydrogen-bond acceptors (Lipinski definition) is 4. The highest BCUT2D eigenvalue weighted by Gasteiger charge is 2.15. The lowest BCUT2D eigenvalue weighted by atomic mass is 10.1. The minimum Gasteiger partial charge on any atom is -0.376 e. The molecular weight excluding hydrogens is 404 g/mol. The first kappa shape index (κ1) is 22.6. The molecule has 7 heteroatoms. The van der Waals surface area contributed by atoms with E-state index in [2.05, 4.69) is 16.0 Å². The summed E-state index contributed by atoms with van der Waals surface area (Å²) in [6.07, 6.45) is 0. The van der Waals surface area contributed by atoms with E-state index >= 15 is 0 Å². The van der Waals surface area contributed by atoms with E-state index in [1.165, 1.54) is 0 Å². The van der Waals surface area contributed by atoms with E-state index in [-0.39, 0.29) is 24.3 Å². The average molecular weight is 431 g/mol. The van der Waals surface area contributed by atoms with Crippen LogP contribution in [0.4, 0.5) is 17.1 Å². The Morgan fingerprint density at radius 2 is 1.38 bits per heavy atom. The maximum Gasteiger partial charge on any atom is 0.258 e. The van der Waals surface area contributed by atoms with Crippen molar-refractivity contribution in [3.05, 3.63) is 90.0 Å². The van der Waals surface area contributed by atoms with E-state index in [9.17, 15) is 14.4 Å². The molecule has 3 rings (SSSR count). The Morgan fingerprint density at radius 1 is 0.781 bits per heavy atom. The summed E-state index contributed by atoms with van der Waals surface area (Å²) in [6.45, 7) is 2.56. The molecule has 0 aliphatic rings. The van der Waals surface area contributed by atoms with Crippen LogP contribution in [-0.4, -0.2) is 37.9 Å². The summed E-state index contributed by atoms with van der Waals surface area (Å²) >= 11 is 0. The lowest BCUT2D eigenvalue weighted by Gasteiger charge is -2.21. The first-order chi connectivity index (χ1) is 15.5. The number of rotatable bonds is 8. The first-order valence-electron chi connectivity index (χ1n) is 10.3. The van der Waals surface area contributed by atoms with Gasteiger partial charge in [0.15, 0.2) is 0 Å². The van der Waals surface area contributed by atoms with E-state index in [0.29, 0.717) is 23.4 Å². The summed E-state index contributed by atoms with van der Waals surface area (Å²) < 4.78 is 0. The molecule has 3 aromatic carbocycles. The van der Waals surface area contributed by atoms with Gasteiger partial charge in [-0.05, 0) is 67.6 Å². The molecule has 0 aliphatic heterocycles. The second kappa shape index (κ2) is 10.8. The van der Waals surface area contributed by atoms with Crippen molar-refractivity contribution in [3.63, 3.8) is 0 Å². The summed E-state index contributed by atoms with van der Waals surface area (Å²) in [5, 5.41) is 8.36. The molecule has 0 atom stereocenters. The summed E-state index contributed by atoms with van der Waals surface area (Å²) in [6, 6.07) is 23.2. The number of para-hydroxylation sites is 1. The highest BCUT2D eigenvalue weighted by Crippen LogP contribution is 2.18. The number of amides is 3. The number of nitrogens with zero attached hydrogens (tertiary/aromatic N) is 1. The minimum absolute atomic E-state index is 0.0651. The molecule has 3 N–H and O–H groups in total. The van der Waals surface area contributed by atoms with Crippen molar-refractivity contribution in [2.75, 3.05) is 35.7 Å². The summed E-state index contributed by atoms with van der Waals surface area (Å²) in [4.78, 5) is 38.3. The Hall–Kier alpha value is -4.13. The van der Waals surface area contributed by atoms with Gasteiger partial charge in [-0.3, -0.25) is 14.4 Å². The number of nitrogens with one attached hydrogen (secondary N) is 3. The molecule has 3 aromatic rings. The van der Waals surface area contributed by atoms with Crippen LogP contribution in [0.3, 0.4) is 0 Å². The standard InChI is InChI=1S/C25H26N4O3/c1-3-29(22-7-5-4-6-8-22)25(32)19-11-13-20(14-12-19)27-17-23(30)28-21-15-9-18(10-16-21)24(31)26-2/h4-16,27H,3,17H2,1-2H3,(H,26,31)(H,28,30). The predicted octanol–water partition coefficient (Wildman–Crippen LogP) is 3.76. The zero-order valence-corrected chi connectivity index (χ0v) is 18.1. The van der Waals surface area contributed by atoms with Gasteiger partial charge in [0, 0.05) is 41.8 Å². The topological polar surface area (TPSA) is 90.5 Å². The molecule has 164 valence electrons. The summed E-state index contributed by atoms with van der Waals surface area (Å²) in [5.41, 5.74) is 3.27. The molecule has 0 heterocycles. The maximum absolute atomic E-state index is 12.9. The molecule has 0 bridgehead atoms. The summed E-state index contributed by atoms with van der Waals surface area (Å²) in [7, 11) is 1.56. The van der Waals surface area contributed by atoms with Crippen LogP contribution in [0.25, 0.3) is 0 Å². The number of anilines is 3. The van der Waals surface area contributed by atoms with Crippen LogP contribution < -0.4 is 20.9 Å². The fourth-order valence-corrected chi connectivity index (χ4v) is 3.17. The minimum atomic E-state index is -0.223. The largest absolute Gasteiger partial charge is 0.376 e. The van der Waals surface area contributed by atoms with E-state index in [4.69, 9.17) is 0 Å². The number of hydrogen-bond donors (Lipinski definition) is 3. The fourth-order valence-electron chi connectivity index (χ4n) is 3.17. The fraction of sp³-hybridized carbons (Fsp3) is 0.160. The Bertz CT molecular complexity index is 1060. The third-order valence-electron chi connectivity index (χ3n) is 4.87. The molecule has 0 saturated carbocycles. The van der Waals surface area contributed by atoms with Crippen molar-refractivity contribution in [1.29, 1.82) is 0 Å². The average Bonchev–Trinajstić information content (AvgIpc) is 2.84. The molecule has 7 nitrogen and oxygen atoms in total. The molecule has 3 amide bonds. The predicted molar refractivity (Wildman–Crippen MR) is 127 cm³/mol. The van der Waals surface area contributed by atoms with Crippen LogP contribution in [0.5, 0.6) is 0 Å². The molecule has 0 unspecified atom stereocenters. The van der Waals surface area contributed by atoms with Crippen molar-refractivity contribution in [2.45, 2.75) is 6.92 Å². The number of carbonyl (C=O) groups is 3.